The first kappa shape index (κ1) is 13.9. The molecule has 0 fully saturated rings. The highest BCUT2D eigenvalue weighted by Crippen LogP contribution is 2.10. The van der Waals surface area contributed by atoms with Gasteiger partial charge in [-0.1, -0.05) is 0 Å². The van der Waals surface area contributed by atoms with Crippen LogP contribution in [-0.4, -0.2) is 30.1 Å². The van der Waals surface area contributed by atoms with Crippen LogP contribution in [0.5, 0.6) is 0 Å². The molecular weight excluding hydrogens is 234 g/mol. The van der Waals surface area contributed by atoms with Crippen LogP contribution in [0.15, 0.2) is 24.5 Å². The second kappa shape index (κ2) is 7.21. The van der Waals surface area contributed by atoms with E-state index >= 15 is 0 Å². The first-order valence-electron chi connectivity index (χ1n) is 5.65. The van der Waals surface area contributed by atoms with Crippen molar-refractivity contribution in [1.82, 2.24) is 4.98 Å². The van der Waals surface area contributed by atoms with Crippen LogP contribution in [0, 0.1) is 0 Å². The number of rotatable bonds is 5. The van der Waals surface area contributed by atoms with Gasteiger partial charge >= 0.3 is 11.9 Å². The average Bonchev–Trinajstić information content (AvgIpc) is 2.37. The molecule has 18 heavy (non-hydrogen) atoms. The van der Waals surface area contributed by atoms with Crippen LogP contribution < -0.4 is 0 Å². The van der Waals surface area contributed by atoms with Crippen LogP contribution in [0.2, 0.25) is 0 Å². The second-order valence-electron chi connectivity index (χ2n) is 3.27. The molecule has 1 rings (SSSR count). The van der Waals surface area contributed by atoms with Crippen molar-refractivity contribution in [1.29, 1.82) is 0 Å². The maximum atomic E-state index is 11.6. The van der Waals surface area contributed by atoms with Crippen molar-refractivity contribution < 1.29 is 19.1 Å². The molecule has 0 aliphatic carbocycles. The summed E-state index contributed by atoms with van der Waals surface area (Å²) < 4.78 is 9.65. The molecule has 0 bridgehead atoms. The van der Waals surface area contributed by atoms with Crippen molar-refractivity contribution in [3.05, 3.63) is 35.7 Å². The molecule has 5 nitrogen and oxygen atoms in total. The number of pyridine rings is 1. The smallest absolute Gasteiger partial charge is 0.340 e. The van der Waals surface area contributed by atoms with Crippen molar-refractivity contribution >= 4 is 18.0 Å². The Morgan fingerprint density at radius 1 is 1.28 bits per heavy atom. The molecule has 0 unspecified atom stereocenters. The van der Waals surface area contributed by atoms with Gasteiger partial charge in [0.15, 0.2) is 0 Å². The van der Waals surface area contributed by atoms with Gasteiger partial charge in [0.25, 0.3) is 0 Å². The molecule has 0 aliphatic heterocycles. The van der Waals surface area contributed by atoms with Crippen molar-refractivity contribution in [3.63, 3.8) is 0 Å². The number of carbonyl (C=O) groups is 2. The van der Waals surface area contributed by atoms with Gasteiger partial charge in [-0.3, -0.25) is 4.98 Å². The maximum Gasteiger partial charge on any atom is 0.340 e. The van der Waals surface area contributed by atoms with Gasteiger partial charge in [0.05, 0.1) is 18.8 Å². The summed E-state index contributed by atoms with van der Waals surface area (Å²) in [5, 5.41) is 0. The average molecular weight is 249 g/mol. The van der Waals surface area contributed by atoms with E-state index in [4.69, 9.17) is 9.47 Å². The summed E-state index contributed by atoms with van der Waals surface area (Å²) in [6.45, 7) is 4.05. The highest BCUT2D eigenvalue weighted by atomic mass is 16.5. The molecule has 0 radical (unpaired) electrons. The van der Waals surface area contributed by atoms with Crippen molar-refractivity contribution in [2.24, 2.45) is 0 Å². The fraction of sp³-hybridized carbons (Fsp3) is 0.308. The van der Waals surface area contributed by atoms with Crippen molar-refractivity contribution in [2.75, 3.05) is 13.2 Å². The topological polar surface area (TPSA) is 65.5 Å². The van der Waals surface area contributed by atoms with E-state index in [2.05, 4.69) is 4.98 Å². The Bertz CT molecular complexity index is 454. The third-order valence-electron chi connectivity index (χ3n) is 2.04. The Morgan fingerprint density at radius 3 is 2.67 bits per heavy atom. The summed E-state index contributed by atoms with van der Waals surface area (Å²) >= 11 is 0. The summed E-state index contributed by atoms with van der Waals surface area (Å²) in [6.07, 6.45) is 5.71. The number of hydrogen-bond acceptors (Lipinski definition) is 5. The van der Waals surface area contributed by atoms with E-state index < -0.39 is 11.9 Å². The van der Waals surface area contributed by atoms with Crippen molar-refractivity contribution in [3.8, 4) is 0 Å². The first-order chi connectivity index (χ1) is 8.69. The number of carbonyl (C=O) groups excluding carboxylic acids is 2. The summed E-state index contributed by atoms with van der Waals surface area (Å²) in [6, 6.07) is 1.63. The molecule has 0 amide bonds. The van der Waals surface area contributed by atoms with Gasteiger partial charge in [-0.25, -0.2) is 9.59 Å². The fourth-order valence-corrected chi connectivity index (χ4v) is 1.28. The molecule has 1 aromatic heterocycles. The van der Waals surface area contributed by atoms with Crippen LogP contribution in [0.25, 0.3) is 6.08 Å². The largest absolute Gasteiger partial charge is 0.463 e. The Morgan fingerprint density at radius 2 is 2.00 bits per heavy atom. The van der Waals surface area contributed by atoms with Gasteiger partial charge < -0.3 is 9.47 Å². The molecule has 1 aromatic rings. The third kappa shape index (κ3) is 4.01. The van der Waals surface area contributed by atoms with Crippen LogP contribution in [0.3, 0.4) is 0 Å². The highest BCUT2D eigenvalue weighted by molar-refractivity contribution is 5.95. The van der Waals surface area contributed by atoms with Crippen molar-refractivity contribution in [2.45, 2.75) is 13.8 Å². The van der Waals surface area contributed by atoms with Crippen LogP contribution in [0.1, 0.15) is 29.8 Å². The molecule has 0 saturated heterocycles. The molecular formula is C13H15NO4. The Kier molecular flexibility index (Phi) is 5.57. The van der Waals surface area contributed by atoms with Gasteiger partial charge in [-0.2, -0.15) is 0 Å². The lowest BCUT2D eigenvalue weighted by molar-refractivity contribution is -0.137. The predicted octanol–water partition coefficient (Wildman–Crippen LogP) is 1.83. The monoisotopic (exact) mass is 249 g/mol. The SMILES string of the molecule is CCOC(=O)/C=C/c1ccncc1C(=O)OCC. The Labute approximate surface area is 105 Å². The molecule has 0 atom stereocenters. The summed E-state index contributed by atoms with van der Waals surface area (Å²) in [4.78, 5) is 26.7. The normalized spacial score (nSPS) is 10.3. The molecule has 0 N–H and O–H groups in total. The fourth-order valence-electron chi connectivity index (χ4n) is 1.28. The zero-order chi connectivity index (χ0) is 13.4. The predicted molar refractivity (Wildman–Crippen MR) is 65.9 cm³/mol. The number of esters is 2. The number of nitrogens with zero attached hydrogens (tertiary/aromatic N) is 1. The number of hydrogen-bond donors (Lipinski definition) is 0. The quantitative estimate of drug-likeness (QED) is 0.588. The van der Waals surface area contributed by atoms with E-state index in [-0.39, 0.29) is 6.61 Å². The molecule has 0 aliphatic rings. The van der Waals surface area contributed by atoms with Gasteiger partial charge in [-0.15, -0.1) is 0 Å². The molecule has 96 valence electrons. The van der Waals surface area contributed by atoms with Gasteiger partial charge in [-0.05, 0) is 31.6 Å². The summed E-state index contributed by atoms with van der Waals surface area (Å²) in [5.41, 5.74) is 0.886. The van der Waals surface area contributed by atoms with E-state index in [1.807, 2.05) is 0 Å². The van der Waals surface area contributed by atoms with E-state index in [9.17, 15) is 9.59 Å². The number of aromatic nitrogens is 1. The lowest BCUT2D eigenvalue weighted by Crippen LogP contribution is -2.07. The van der Waals surface area contributed by atoms with Crippen LogP contribution in [0.4, 0.5) is 0 Å². The van der Waals surface area contributed by atoms with Gasteiger partial charge in [0, 0.05) is 18.5 Å². The minimum absolute atomic E-state index is 0.286. The lowest BCUT2D eigenvalue weighted by Gasteiger charge is -2.04. The third-order valence-corrected chi connectivity index (χ3v) is 2.04. The van der Waals surface area contributed by atoms with E-state index in [0.29, 0.717) is 17.7 Å². The molecule has 5 heteroatoms. The minimum atomic E-state index is -0.464. The molecule has 0 aromatic carbocycles. The van der Waals surface area contributed by atoms with Crippen LogP contribution >= 0.6 is 0 Å². The van der Waals surface area contributed by atoms with Crippen LogP contribution in [-0.2, 0) is 14.3 Å². The zero-order valence-corrected chi connectivity index (χ0v) is 10.4. The summed E-state index contributed by atoms with van der Waals surface area (Å²) in [7, 11) is 0. The van der Waals surface area contributed by atoms with E-state index in [1.54, 1.807) is 19.9 Å². The minimum Gasteiger partial charge on any atom is -0.463 e. The number of ether oxygens (including phenoxy) is 2. The molecule has 1 heterocycles. The van der Waals surface area contributed by atoms with Gasteiger partial charge in [0.2, 0.25) is 0 Å². The second-order valence-corrected chi connectivity index (χ2v) is 3.27. The summed E-state index contributed by atoms with van der Waals surface area (Å²) in [5.74, 6) is -0.918. The molecule has 0 saturated carbocycles. The van der Waals surface area contributed by atoms with E-state index in [1.165, 1.54) is 24.5 Å². The molecule has 0 spiro atoms. The first-order valence-corrected chi connectivity index (χ1v) is 5.65. The van der Waals surface area contributed by atoms with Gasteiger partial charge in [0.1, 0.15) is 0 Å². The Hall–Kier alpha value is -2.17. The van der Waals surface area contributed by atoms with E-state index in [0.717, 1.165) is 0 Å². The lowest BCUT2D eigenvalue weighted by atomic mass is 10.1. The standard InChI is InChI=1S/C13H15NO4/c1-3-17-12(15)6-5-10-7-8-14-9-11(10)13(16)18-4-2/h5-9H,3-4H2,1-2H3/b6-5+. The Balaban J connectivity index is 2.88. The maximum absolute atomic E-state index is 11.6. The zero-order valence-electron chi connectivity index (χ0n) is 10.4. The highest BCUT2D eigenvalue weighted by Gasteiger charge is 2.10.